The molecule has 0 saturated heterocycles. The average molecular weight is 199 g/mol. The SMILES string of the molecule is C=CC(=O)O[CH]C(O)COC(=O)C=C. The molecule has 0 aliphatic heterocycles. The highest BCUT2D eigenvalue weighted by Crippen LogP contribution is 1.95. The maximum Gasteiger partial charge on any atom is 0.330 e. The highest BCUT2D eigenvalue weighted by atomic mass is 16.6. The number of aliphatic hydroxyl groups excluding tert-OH is 1. The van der Waals surface area contributed by atoms with Gasteiger partial charge < -0.3 is 14.6 Å². The highest BCUT2D eigenvalue weighted by Gasteiger charge is 2.09. The summed E-state index contributed by atoms with van der Waals surface area (Å²) in [4.78, 5) is 21.0. The van der Waals surface area contributed by atoms with E-state index in [1.165, 1.54) is 0 Å². The van der Waals surface area contributed by atoms with Crippen LogP contribution in [-0.2, 0) is 19.1 Å². The molecule has 14 heavy (non-hydrogen) atoms. The number of carbonyl (C=O) groups excluding carboxylic acids is 2. The highest BCUT2D eigenvalue weighted by molar-refractivity contribution is 5.81. The van der Waals surface area contributed by atoms with Gasteiger partial charge in [0.05, 0.1) is 0 Å². The summed E-state index contributed by atoms with van der Waals surface area (Å²) in [5, 5.41) is 9.06. The van der Waals surface area contributed by atoms with Crippen LogP contribution in [0.25, 0.3) is 0 Å². The standard InChI is InChI=1S/C9H11O5/c1-3-8(11)13-5-7(10)6-14-9(12)4-2/h3-5,7,10H,1-2,6H2. The number of ether oxygens (including phenoxy) is 2. The van der Waals surface area contributed by atoms with E-state index in [1.54, 1.807) is 0 Å². The topological polar surface area (TPSA) is 72.8 Å². The predicted molar refractivity (Wildman–Crippen MR) is 47.8 cm³/mol. The van der Waals surface area contributed by atoms with E-state index in [1.807, 2.05) is 0 Å². The quantitative estimate of drug-likeness (QED) is 0.480. The molecule has 0 aromatic rings. The zero-order valence-electron chi connectivity index (χ0n) is 7.51. The smallest absolute Gasteiger partial charge is 0.330 e. The summed E-state index contributed by atoms with van der Waals surface area (Å²) < 4.78 is 8.83. The van der Waals surface area contributed by atoms with Crippen LogP contribution in [0, 0.1) is 6.61 Å². The van der Waals surface area contributed by atoms with Crippen LogP contribution in [0.2, 0.25) is 0 Å². The molecule has 5 nitrogen and oxygen atoms in total. The van der Waals surface area contributed by atoms with E-state index < -0.39 is 18.0 Å². The van der Waals surface area contributed by atoms with Gasteiger partial charge in [0.1, 0.15) is 12.7 Å². The fourth-order valence-corrected chi connectivity index (χ4v) is 0.459. The number of hydrogen-bond acceptors (Lipinski definition) is 5. The summed E-state index contributed by atoms with van der Waals surface area (Å²) >= 11 is 0. The van der Waals surface area contributed by atoms with Crippen LogP contribution in [0.1, 0.15) is 0 Å². The molecule has 77 valence electrons. The molecule has 0 aliphatic rings. The first kappa shape index (κ1) is 12.4. The Balaban J connectivity index is 3.60. The third-order valence-electron chi connectivity index (χ3n) is 1.07. The molecule has 0 spiro atoms. The van der Waals surface area contributed by atoms with E-state index in [2.05, 4.69) is 22.6 Å². The van der Waals surface area contributed by atoms with Gasteiger partial charge in [-0.3, -0.25) is 0 Å². The van der Waals surface area contributed by atoms with Crippen molar-refractivity contribution in [3.8, 4) is 0 Å². The van der Waals surface area contributed by atoms with Crippen molar-refractivity contribution < 1.29 is 24.2 Å². The van der Waals surface area contributed by atoms with Crippen LogP contribution < -0.4 is 0 Å². The lowest BCUT2D eigenvalue weighted by molar-refractivity contribution is -0.142. The number of aliphatic hydroxyl groups is 1. The molecule has 0 aromatic carbocycles. The van der Waals surface area contributed by atoms with Crippen LogP contribution in [-0.4, -0.2) is 29.8 Å². The Bertz CT molecular complexity index is 209. The second-order valence-corrected chi connectivity index (χ2v) is 2.18. The van der Waals surface area contributed by atoms with Crippen molar-refractivity contribution in [2.75, 3.05) is 6.61 Å². The maximum atomic E-state index is 10.5. The van der Waals surface area contributed by atoms with Gasteiger partial charge in [0, 0.05) is 12.2 Å². The average Bonchev–Trinajstić information content (AvgIpc) is 2.22. The Morgan fingerprint density at radius 3 is 2.36 bits per heavy atom. The molecule has 1 N–H and O–H groups in total. The summed E-state index contributed by atoms with van der Waals surface area (Å²) in [5.41, 5.74) is 0. The zero-order chi connectivity index (χ0) is 11.0. The first-order valence-corrected chi connectivity index (χ1v) is 3.73. The van der Waals surface area contributed by atoms with Gasteiger partial charge in [0.25, 0.3) is 0 Å². The largest absolute Gasteiger partial charge is 0.460 e. The maximum absolute atomic E-state index is 10.5. The minimum absolute atomic E-state index is 0.296. The van der Waals surface area contributed by atoms with Gasteiger partial charge in [-0.2, -0.15) is 0 Å². The summed E-state index contributed by atoms with van der Waals surface area (Å²) in [7, 11) is 0. The Hall–Kier alpha value is -1.62. The number of rotatable bonds is 6. The summed E-state index contributed by atoms with van der Waals surface area (Å²) in [5.74, 6) is -1.36. The lowest BCUT2D eigenvalue weighted by Gasteiger charge is -2.08. The van der Waals surface area contributed by atoms with Gasteiger partial charge in [-0.1, -0.05) is 13.2 Å². The molecule has 0 aliphatic carbocycles. The fraction of sp³-hybridized carbons (Fsp3) is 0.222. The Morgan fingerprint density at radius 1 is 1.29 bits per heavy atom. The fourth-order valence-electron chi connectivity index (χ4n) is 0.459. The van der Waals surface area contributed by atoms with Crippen molar-refractivity contribution in [1.82, 2.24) is 0 Å². The summed E-state index contributed by atoms with van der Waals surface area (Å²) in [6, 6.07) is 0. The molecule has 0 saturated carbocycles. The van der Waals surface area contributed by atoms with Crippen molar-refractivity contribution in [2.24, 2.45) is 0 Å². The molecule has 1 unspecified atom stereocenters. The van der Waals surface area contributed by atoms with Crippen LogP contribution >= 0.6 is 0 Å². The van der Waals surface area contributed by atoms with Crippen LogP contribution in [0.5, 0.6) is 0 Å². The van der Waals surface area contributed by atoms with Crippen molar-refractivity contribution >= 4 is 11.9 Å². The van der Waals surface area contributed by atoms with Crippen molar-refractivity contribution in [2.45, 2.75) is 6.10 Å². The van der Waals surface area contributed by atoms with Crippen LogP contribution in [0.3, 0.4) is 0 Å². The van der Waals surface area contributed by atoms with E-state index in [-0.39, 0.29) is 6.61 Å². The van der Waals surface area contributed by atoms with E-state index in [0.29, 0.717) is 0 Å². The Kier molecular flexibility index (Phi) is 6.06. The molecule has 0 fully saturated rings. The van der Waals surface area contributed by atoms with Crippen LogP contribution in [0.15, 0.2) is 25.3 Å². The molecule has 5 heteroatoms. The monoisotopic (exact) mass is 199 g/mol. The predicted octanol–water partition coefficient (Wildman–Crippen LogP) is -0.0325. The van der Waals surface area contributed by atoms with Gasteiger partial charge >= 0.3 is 11.9 Å². The van der Waals surface area contributed by atoms with E-state index in [0.717, 1.165) is 18.8 Å². The number of carbonyl (C=O) groups is 2. The van der Waals surface area contributed by atoms with Gasteiger partial charge in [-0.05, 0) is 0 Å². The van der Waals surface area contributed by atoms with Crippen molar-refractivity contribution in [3.63, 3.8) is 0 Å². The van der Waals surface area contributed by atoms with Gasteiger partial charge in [0.2, 0.25) is 0 Å². The second kappa shape index (κ2) is 6.85. The molecule has 0 bridgehead atoms. The molecule has 0 rings (SSSR count). The Labute approximate surface area is 81.6 Å². The summed E-state index contributed by atoms with van der Waals surface area (Å²) in [6.45, 7) is 6.86. The van der Waals surface area contributed by atoms with Crippen molar-refractivity contribution in [1.29, 1.82) is 0 Å². The number of hydrogen-bond donors (Lipinski definition) is 1. The molecular formula is C9H11O5. The van der Waals surface area contributed by atoms with Crippen molar-refractivity contribution in [3.05, 3.63) is 31.9 Å². The normalized spacial score (nSPS) is 9.29. The molecular weight excluding hydrogens is 188 g/mol. The first-order valence-electron chi connectivity index (χ1n) is 3.73. The summed E-state index contributed by atoms with van der Waals surface area (Å²) in [6.07, 6.45) is 0.740. The zero-order valence-corrected chi connectivity index (χ0v) is 7.51. The third-order valence-corrected chi connectivity index (χ3v) is 1.07. The minimum Gasteiger partial charge on any atom is -0.460 e. The Morgan fingerprint density at radius 2 is 1.86 bits per heavy atom. The molecule has 0 heterocycles. The lowest BCUT2D eigenvalue weighted by Crippen LogP contribution is -2.20. The van der Waals surface area contributed by atoms with Gasteiger partial charge in [-0.25, -0.2) is 9.59 Å². The first-order chi connectivity index (χ1) is 6.60. The third kappa shape index (κ3) is 5.96. The van der Waals surface area contributed by atoms with E-state index in [9.17, 15) is 9.59 Å². The molecule has 0 aromatic heterocycles. The molecule has 1 radical (unpaired) electrons. The van der Waals surface area contributed by atoms with Gasteiger partial charge in [0.15, 0.2) is 6.61 Å². The molecule has 1 atom stereocenters. The van der Waals surface area contributed by atoms with E-state index >= 15 is 0 Å². The van der Waals surface area contributed by atoms with Crippen LogP contribution in [0.4, 0.5) is 0 Å². The molecule has 0 amide bonds. The number of esters is 2. The second-order valence-electron chi connectivity index (χ2n) is 2.18. The minimum atomic E-state index is -1.16. The lowest BCUT2D eigenvalue weighted by atomic mass is 10.4. The van der Waals surface area contributed by atoms with Gasteiger partial charge in [-0.15, -0.1) is 0 Å². The van der Waals surface area contributed by atoms with E-state index in [4.69, 9.17) is 5.11 Å².